The molecule has 0 aromatic heterocycles. The zero-order chi connectivity index (χ0) is 20.0. The van der Waals surface area contributed by atoms with E-state index in [0.717, 1.165) is 30.0 Å². The monoisotopic (exact) mass is 364 g/mol. The zero-order valence-electron chi connectivity index (χ0n) is 16.5. The summed E-state index contributed by atoms with van der Waals surface area (Å²) in [5, 5.41) is 8.95. The lowest BCUT2D eigenvalue weighted by atomic mass is 9.62. The van der Waals surface area contributed by atoms with Crippen LogP contribution in [0.4, 0.5) is 4.39 Å². The van der Waals surface area contributed by atoms with E-state index in [2.05, 4.69) is 51.7 Å². The van der Waals surface area contributed by atoms with Crippen LogP contribution in [0.3, 0.4) is 0 Å². The first kappa shape index (κ1) is 19.2. The van der Waals surface area contributed by atoms with Crippen molar-refractivity contribution in [2.24, 2.45) is 0 Å². The molecule has 3 heteroatoms. The molecule has 0 fully saturated rings. The molecular formula is C24H25FO2. The maximum Gasteiger partial charge on any atom is 0.335 e. The molecule has 1 aliphatic carbocycles. The Labute approximate surface area is 160 Å². The van der Waals surface area contributed by atoms with Crippen LogP contribution >= 0.6 is 0 Å². The Morgan fingerprint density at radius 2 is 1.52 bits per heavy atom. The topological polar surface area (TPSA) is 37.3 Å². The minimum Gasteiger partial charge on any atom is -0.478 e. The lowest BCUT2D eigenvalue weighted by molar-refractivity contribution is 0.0696. The summed E-state index contributed by atoms with van der Waals surface area (Å²) in [7, 11) is 0. The fourth-order valence-electron chi connectivity index (χ4n) is 3.74. The summed E-state index contributed by atoms with van der Waals surface area (Å²) in [6, 6.07) is 8.19. The molecule has 0 saturated carbocycles. The van der Waals surface area contributed by atoms with Crippen molar-refractivity contribution in [3.05, 3.63) is 69.5 Å². The Morgan fingerprint density at radius 3 is 2.07 bits per heavy atom. The molecule has 0 heterocycles. The van der Waals surface area contributed by atoms with Crippen molar-refractivity contribution in [3.63, 3.8) is 0 Å². The van der Waals surface area contributed by atoms with Crippen molar-refractivity contribution in [1.29, 1.82) is 0 Å². The minimum absolute atomic E-state index is 0.0769. The Morgan fingerprint density at radius 1 is 0.963 bits per heavy atom. The molecule has 0 saturated heterocycles. The second-order valence-corrected chi connectivity index (χ2v) is 8.73. The van der Waals surface area contributed by atoms with Crippen LogP contribution in [0.25, 0.3) is 0 Å². The fourth-order valence-corrected chi connectivity index (χ4v) is 3.74. The summed E-state index contributed by atoms with van der Waals surface area (Å²) in [6.45, 7) is 11.1. The van der Waals surface area contributed by atoms with Gasteiger partial charge in [0.25, 0.3) is 0 Å². The molecule has 0 bridgehead atoms. The summed E-state index contributed by atoms with van der Waals surface area (Å²) in [6.07, 6.45) is 2.27. The zero-order valence-corrected chi connectivity index (χ0v) is 16.5. The first-order valence-corrected chi connectivity index (χ1v) is 9.22. The van der Waals surface area contributed by atoms with Gasteiger partial charge in [-0.25, -0.2) is 9.18 Å². The van der Waals surface area contributed by atoms with E-state index in [0.29, 0.717) is 0 Å². The molecule has 1 N–H and O–H groups in total. The molecule has 2 aromatic rings. The number of carboxylic acids is 1. The average molecular weight is 364 g/mol. The predicted octanol–water partition coefficient (Wildman–Crippen LogP) is 5.58. The fraction of sp³-hybridized carbons (Fsp3) is 0.375. The van der Waals surface area contributed by atoms with E-state index >= 15 is 0 Å². The molecule has 3 rings (SSSR count). The van der Waals surface area contributed by atoms with Gasteiger partial charge >= 0.3 is 5.97 Å². The van der Waals surface area contributed by atoms with E-state index in [1.54, 1.807) is 0 Å². The molecule has 0 aliphatic heterocycles. The number of hydrogen-bond acceptors (Lipinski definition) is 1. The van der Waals surface area contributed by atoms with Crippen LogP contribution < -0.4 is 0 Å². The van der Waals surface area contributed by atoms with Gasteiger partial charge in [0, 0.05) is 5.56 Å². The van der Waals surface area contributed by atoms with Crippen LogP contribution in [0.2, 0.25) is 0 Å². The standard InChI is InChI=1S/C24H25FO2/c1-15-12-19-20(24(4,5)11-10-23(19,2)3)13-17(15)8-6-16-7-9-18(22(26)27)14-21(16)25/h7,9,12-14H,10-11H2,1-5H3,(H,26,27). The normalized spacial score (nSPS) is 16.8. The van der Waals surface area contributed by atoms with Crippen molar-refractivity contribution >= 4 is 5.97 Å². The molecule has 2 nitrogen and oxygen atoms in total. The molecule has 140 valence electrons. The second kappa shape index (κ2) is 6.53. The quantitative estimate of drug-likeness (QED) is 0.671. The SMILES string of the molecule is Cc1cc2c(cc1C#Cc1ccc(C(=O)O)cc1F)C(C)(C)CCC2(C)C. The highest BCUT2D eigenvalue weighted by Crippen LogP contribution is 2.46. The summed E-state index contributed by atoms with van der Waals surface area (Å²) in [5.41, 5.74) is 5.01. The molecular weight excluding hydrogens is 339 g/mol. The van der Waals surface area contributed by atoms with Crippen LogP contribution in [-0.4, -0.2) is 11.1 Å². The molecule has 0 unspecified atom stereocenters. The van der Waals surface area contributed by atoms with Crippen molar-refractivity contribution < 1.29 is 14.3 Å². The maximum atomic E-state index is 14.1. The van der Waals surface area contributed by atoms with Gasteiger partial charge in [0.2, 0.25) is 0 Å². The van der Waals surface area contributed by atoms with Gasteiger partial charge in [-0.05, 0) is 71.6 Å². The number of benzene rings is 2. The highest BCUT2D eigenvalue weighted by molar-refractivity contribution is 5.87. The lowest BCUT2D eigenvalue weighted by Crippen LogP contribution is -2.34. The number of carboxylic acid groups (broad SMARTS) is 1. The van der Waals surface area contributed by atoms with E-state index in [4.69, 9.17) is 5.11 Å². The third-order valence-corrected chi connectivity index (χ3v) is 5.75. The van der Waals surface area contributed by atoms with Gasteiger partial charge in [-0.2, -0.15) is 0 Å². The molecule has 0 atom stereocenters. The smallest absolute Gasteiger partial charge is 0.335 e. The van der Waals surface area contributed by atoms with Crippen molar-refractivity contribution in [1.82, 2.24) is 0 Å². The Hall–Kier alpha value is -2.60. The van der Waals surface area contributed by atoms with Gasteiger partial charge in [0.1, 0.15) is 5.82 Å². The van der Waals surface area contributed by atoms with Crippen molar-refractivity contribution in [3.8, 4) is 11.8 Å². The van der Waals surface area contributed by atoms with Gasteiger partial charge in [0.05, 0.1) is 11.1 Å². The average Bonchev–Trinajstić information content (AvgIpc) is 2.58. The third-order valence-electron chi connectivity index (χ3n) is 5.75. The number of aryl methyl sites for hydroxylation is 1. The highest BCUT2D eigenvalue weighted by Gasteiger charge is 2.37. The van der Waals surface area contributed by atoms with E-state index in [-0.39, 0.29) is 22.0 Å². The maximum absolute atomic E-state index is 14.1. The number of carbonyl (C=O) groups is 1. The van der Waals surface area contributed by atoms with Gasteiger partial charge in [-0.15, -0.1) is 0 Å². The first-order chi connectivity index (χ1) is 12.5. The number of rotatable bonds is 1. The predicted molar refractivity (Wildman–Crippen MR) is 106 cm³/mol. The van der Waals surface area contributed by atoms with Gasteiger partial charge < -0.3 is 5.11 Å². The third kappa shape index (κ3) is 3.62. The van der Waals surface area contributed by atoms with E-state index in [9.17, 15) is 9.18 Å². The van der Waals surface area contributed by atoms with Gasteiger partial charge in [-0.1, -0.05) is 45.6 Å². The van der Waals surface area contributed by atoms with E-state index in [1.807, 2.05) is 6.92 Å². The van der Waals surface area contributed by atoms with E-state index < -0.39 is 11.8 Å². The first-order valence-electron chi connectivity index (χ1n) is 9.22. The number of halogens is 1. The number of fused-ring (bicyclic) bond motifs is 1. The van der Waals surface area contributed by atoms with Gasteiger partial charge in [-0.3, -0.25) is 0 Å². The summed E-state index contributed by atoms with van der Waals surface area (Å²) < 4.78 is 14.1. The Balaban J connectivity index is 2.06. The molecule has 27 heavy (non-hydrogen) atoms. The largest absolute Gasteiger partial charge is 0.478 e. The summed E-state index contributed by atoms with van der Waals surface area (Å²) >= 11 is 0. The summed E-state index contributed by atoms with van der Waals surface area (Å²) in [4.78, 5) is 10.9. The number of aromatic carboxylic acids is 1. The van der Waals surface area contributed by atoms with Crippen LogP contribution in [0.1, 0.15) is 78.7 Å². The molecule has 1 aliphatic rings. The van der Waals surface area contributed by atoms with Crippen LogP contribution in [-0.2, 0) is 10.8 Å². The highest BCUT2D eigenvalue weighted by atomic mass is 19.1. The van der Waals surface area contributed by atoms with Gasteiger partial charge in [0.15, 0.2) is 0 Å². The molecule has 0 radical (unpaired) electrons. The molecule has 2 aromatic carbocycles. The van der Waals surface area contributed by atoms with Crippen LogP contribution in [0.15, 0.2) is 30.3 Å². The van der Waals surface area contributed by atoms with Crippen LogP contribution in [0, 0.1) is 24.6 Å². The molecule has 0 spiro atoms. The second-order valence-electron chi connectivity index (χ2n) is 8.73. The summed E-state index contributed by atoms with van der Waals surface area (Å²) in [5.74, 6) is 4.21. The van der Waals surface area contributed by atoms with Crippen molar-refractivity contribution in [2.45, 2.75) is 58.3 Å². The number of hydrogen-bond donors (Lipinski definition) is 1. The Bertz CT molecular complexity index is 987. The van der Waals surface area contributed by atoms with E-state index in [1.165, 1.54) is 23.3 Å². The van der Waals surface area contributed by atoms with Crippen LogP contribution in [0.5, 0.6) is 0 Å². The molecule has 0 amide bonds. The minimum atomic E-state index is -1.15. The lowest BCUT2D eigenvalue weighted by Gasteiger charge is -2.42. The van der Waals surface area contributed by atoms with Crippen molar-refractivity contribution in [2.75, 3.05) is 0 Å². The Kier molecular flexibility index (Phi) is 4.64.